The van der Waals surface area contributed by atoms with E-state index in [0.29, 0.717) is 36.6 Å². The molecule has 10 nitrogen and oxygen atoms in total. The summed E-state index contributed by atoms with van der Waals surface area (Å²) in [5.41, 5.74) is 3.06. The highest BCUT2D eigenvalue weighted by molar-refractivity contribution is 5.95. The van der Waals surface area contributed by atoms with E-state index in [4.69, 9.17) is 9.47 Å². The summed E-state index contributed by atoms with van der Waals surface area (Å²) in [5.74, 6) is 0.652. The van der Waals surface area contributed by atoms with E-state index >= 15 is 0 Å². The van der Waals surface area contributed by atoms with Crippen LogP contribution in [-0.4, -0.2) is 95.5 Å². The number of aromatic nitrogens is 2. The Morgan fingerprint density at radius 1 is 1.00 bits per heavy atom. The number of hydrogen-bond acceptors (Lipinski definition) is 9. The van der Waals surface area contributed by atoms with Crippen molar-refractivity contribution in [1.29, 1.82) is 5.26 Å². The van der Waals surface area contributed by atoms with E-state index in [1.165, 1.54) is 0 Å². The number of pyridine rings is 2. The first-order valence-electron chi connectivity index (χ1n) is 15.3. The van der Waals surface area contributed by atoms with Gasteiger partial charge in [0.25, 0.3) is 0 Å². The molecule has 10 heteroatoms. The number of rotatable bonds is 4. The predicted molar refractivity (Wildman–Crippen MR) is 167 cm³/mol. The van der Waals surface area contributed by atoms with E-state index in [0.717, 1.165) is 67.8 Å². The van der Waals surface area contributed by atoms with E-state index in [-0.39, 0.29) is 12.2 Å². The Labute approximate surface area is 253 Å². The molecule has 5 heterocycles. The van der Waals surface area contributed by atoms with Crippen molar-refractivity contribution in [3.63, 3.8) is 0 Å². The molecule has 3 aliphatic rings. The first kappa shape index (κ1) is 29.0. The van der Waals surface area contributed by atoms with Gasteiger partial charge in [0.05, 0.1) is 23.0 Å². The Kier molecular flexibility index (Phi) is 8.01. The number of benzene rings is 1. The van der Waals surface area contributed by atoms with Crippen molar-refractivity contribution < 1.29 is 14.3 Å². The van der Waals surface area contributed by atoms with Crippen molar-refractivity contribution in [3.05, 3.63) is 54.4 Å². The number of piperidine rings is 1. The highest BCUT2D eigenvalue weighted by Gasteiger charge is 2.38. The third-order valence-electron chi connectivity index (χ3n) is 8.71. The van der Waals surface area contributed by atoms with Gasteiger partial charge in [0.1, 0.15) is 17.8 Å². The lowest BCUT2D eigenvalue weighted by Gasteiger charge is -2.50. The van der Waals surface area contributed by atoms with Crippen molar-refractivity contribution in [2.24, 2.45) is 0 Å². The van der Waals surface area contributed by atoms with Crippen molar-refractivity contribution in [2.75, 3.05) is 55.6 Å². The Bertz CT molecular complexity index is 1490. The van der Waals surface area contributed by atoms with Crippen LogP contribution in [0.2, 0.25) is 0 Å². The molecule has 0 spiro atoms. The summed E-state index contributed by atoms with van der Waals surface area (Å²) in [5, 5.41) is 10.6. The molecule has 0 unspecified atom stereocenters. The third-order valence-corrected chi connectivity index (χ3v) is 8.71. The molecule has 3 atom stereocenters. The van der Waals surface area contributed by atoms with Crippen LogP contribution in [0.15, 0.2) is 48.8 Å². The molecule has 0 aliphatic carbocycles. The summed E-state index contributed by atoms with van der Waals surface area (Å²) in [6.45, 7) is 13.5. The molecule has 2 aromatic heterocycles. The SMILES string of the molecule is C[C@@H]1CN(c2ccc(C#N)c3ncccc23)C[C@@H]2C[C@@H](Oc3ccc(N4CCN(C(=O)OC(C)(C)C)CC4)cn3)CCN21. The monoisotopic (exact) mass is 583 g/mol. The fraction of sp³-hybridized carbons (Fsp3) is 0.515. The molecule has 0 bridgehead atoms. The van der Waals surface area contributed by atoms with Gasteiger partial charge in [0, 0.05) is 87.7 Å². The summed E-state index contributed by atoms with van der Waals surface area (Å²) < 4.78 is 11.9. The van der Waals surface area contributed by atoms with Gasteiger partial charge in [0.15, 0.2) is 0 Å². The first-order valence-corrected chi connectivity index (χ1v) is 15.3. The lowest BCUT2D eigenvalue weighted by molar-refractivity contribution is 0.0222. The normalized spacial score (nSPS) is 23.0. The van der Waals surface area contributed by atoms with Gasteiger partial charge in [-0.25, -0.2) is 9.78 Å². The molecule has 226 valence electrons. The lowest BCUT2D eigenvalue weighted by Crippen LogP contribution is -2.61. The van der Waals surface area contributed by atoms with Gasteiger partial charge in [-0.2, -0.15) is 5.26 Å². The van der Waals surface area contributed by atoms with Crippen molar-refractivity contribution in [3.8, 4) is 11.9 Å². The quantitative estimate of drug-likeness (QED) is 0.434. The number of hydrogen-bond donors (Lipinski definition) is 0. The second-order valence-electron chi connectivity index (χ2n) is 12.9. The molecular formula is C33H41N7O3. The zero-order valence-corrected chi connectivity index (χ0v) is 25.6. The predicted octanol–water partition coefficient (Wildman–Crippen LogP) is 4.68. The van der Waals surface area contributed by atoms with Crippen molar-refractivity contribution in [2.45, 2.75) is 64.3 Å². The van der Waals surface area contributed by atoms with Crippen LogP contribution in [0.25, 0.3) is 10.9 Å². The van der Waals surface area contributed by atoms with E-state index < -0.39 is 5.60 Å². The number of anilines is 2. The third kappa shape index (κ3) is 6.32. The number of fused-ring (bicyclic) bond motifs is 2. The van der Waals surface area contributed by atoms with Crippen LogP contribution < -0.4 is 14.5 Å². The van der Waals surface area contributed by atoms with Gasteiger partial charge < -0.3 is 24.2 Å². The molecule has 3 aromatic rings. The molecule has 3 aliphatic heterocycles. The van der Waals surface area contributed by atoms with Crippen LogP contribution in [0, 0.1) is 11.3 Å². The number of nitrogens with zero attached hydrogens (tertiary/aromatic N) is 7. The standard InChI is InChI=1S/C33H41N7O3/c1-23-21-39(29-9-7-24(19-34)31-28(29)6-5-12-35-31)22-26-18-27(11-13-40(23)26)42-30-10-8-25(20-36-30)37-14-16-38(17-15-37)32(41)43-33(2,3)4/h5-10,12,20,23,26-27H,11,13-18,21-22H2,1-4H3/t23-,26+,27+/m1/s1. The zero-order chi connectivity index (χ0) is 30.1. The highest BCUT2D eigenvalue weighted by atomic mass is 16.6. The van der Waals surface area contributed by atoms with E-state index in [2.05, 4.69) is 55.9 Å². The minimum atomic E-state index is -0.489. The molecule has 1 amide bonds. The molecule has 0 radical (unpaired) electrons. The Morgan fingerprint density at radius 2 is 1.81 bits per heavy atom. The minimum Gasteiger partial charge on any atom is -0.474 e. The average molecular weight is 584 g/mol. The molecule has 1 aromatic carbocycles. The lowest BCUT2D eigenvalue weighted by atomic mass is 9.93. The van der Waals surface area contributed by atoms with Crippen LogP contribution in [0.1, 0.15) is 46.1 Å². The summed E-state index contributed by atoms with van der Waals surface area (Å²) >= 11 is 0. The van der Waals surface area contributed by atoms with Crippen LogP contribution in [-0.2, 0) is 4.74 Å². The topological polar surface area (TPSA) is 98.1 Å². The Hall–Kier alpha value is -4.10. The Morgan fingerprint density at radius 3 is 2.53 bits per heavy atom. The summed E-state index contributed by atoms with van der Waals surface area (Å²) in [6.07, 6.45) is 5.39. The van der Waals surface area contributed by atoms with Crippen molar-refractivity contribution >= 4 is 28.4 Å². The molecule has 3 saturated heterocycles. The summed E-state index contributed by atoms with van der Waals surface area (Å²) in [7, 11) is 0. The van der Waals surface area contributed by atoms with E-state index in [1.54, 1.807) is 11.1 Å². The zero-order valence-electron chi connectivity index (χ0n) is 25.6. The smallest absolute Gasteiger partial charge is 0.410 e. The minimum absolute atomic E-state index is 0.100. The molecule has 0 saturated carbocycles. The molecule has 3 fully saturated rings. The van der Waals surface area contributed by atoms with Gasteiger partial charge in [-0.05, 0) is 64.4 Å². The van der Waals surface area contributed by atoms with Crippen LogP contribution in [0.5, 0.6) is 5.88 Å². The molecule has 6 rings (SSSR count). The van der Waals surface area contributed by atoms with Gasteiger partial charge in [-0.3, -0.25) is 9.88 Å². The Balaban J connectivity index is 1.06. The first-order chi connectivity index (χ1) is 20.7. The fourth-order valence-corrected chi connectivity index (χ4v) is 6.65. The van der Waals surface area contributed by atoms with Gasteiger partial charge in [-0.1, -0.05) is 0 Å². The maximum atomic E-state index is 12.4. The van der Waals surface area contributed by atoms with Gasteiger partial charge in [0.2, 0.25) is 5.88 Å². The maximum Gasteiger partial charge on any atom is 0.410 e. The number of nitriles is 1. The molecule has 0 N–H and O–H groups in total. The number of carbonyl (C=O) groups is 1. The largest absolute Gasteiger partial charge is 0.474 e. The number of ether oxygens (including phenoxy) is 2. The number of piperazine rings is 2. The second kappa shape index (κ2) is 11.9. The van der Waals surface area contributed by atoms with Crippen LogP contribution in [0.3, 0.4) is 0 Å². The average Bonchev–Trinajstić information content (AvgIpc) is 3.00. The maximum absolute atomic E-state index is 12.4. The van der Waals surface area contributed by atoms with E-state index in [9.17, 15) is 10.1 Å². The van der Waals surface area contributed by atoms with E-state index in [1.807, 2.05) is 45.2 Å². The second-order valence-corrected chi connectivity index (χ2v) is 12.9. The van der Waals surface area contributed by atoms with Gasteiger partial charge in [-0.15, -0.1) is 0 Å². The van der Waals surface area contributed by atoms with Gasteiger partial charge >= 0.3 is 6.09 Å². The number of amides is 1. The van der Waals surface area contributed by atoms with Crippen LogP contribution >= 0.6 is 0 Å². The molecular weight excluding hydrogens is 542 g/mol. The summed E-state index contributed by atoms with van der Waals surface area (Å²) in [6, 6.07) is 15.1. The van der Waals surface area contributed by atoms with Crippen molar-refractivity contribution in [1.82, 2.24) is 19.8 Å². The fourth-order valence-electron chi connectivity index (χ4n) is 6.65. The highest BCUT2D eigenvalue weighted by Crippen LogP contribution is 2.34. The molecule has 43 heavy (non-hydrogen) atoms. The number of carbonyl (C=O) groups excluding carboxylic acids is 1. The van der Waals surface area contributed by atoms with Crippen LogP contribution in [0.4, 0.5) is 16.2 Å². The summed E-state index contributed by atoms with van der Waals surface area (Å²) in [4.78, 5) is 30.7.